The first-order chi connectivity index (χ1) is 14.5. The van der Waals surface area contributed by atoms with Crippen LogP contribution < -0.4 is 14.4 Å². The lowest BCUT2D eigenvalue weighted by Gasteiger charge is -2.17. The Morgan fingerprint density at radius 1 is 0.900 bits per heavy atom. The van der Waals surface area contributed by atoms with E-state index < -0.39 is 10.0 Å². The summed E-state index contributed by atoms with van der Waals surface area (Å²) in [7, 11) is -1.93. The van der Waals surface area contributed by atoms with Crippen LogP contribution >= 0.6 is 0 Å². The standard InChI is InChI=1S/C23H24N2O4S/c1-25(20-10-6-3-7-11-20)23(26)18-29-21-12-14-22(15-13-21)30(27,28)24-17-16-19-8-4-2-5-9-19/h2-15,24H,16-18H2,1H3. The summed E-state index contributed by atoms with van der Waals surface area (Å²) in [5, 5.41) is 0. The minimum Gasteiger partial charge on any atom is -0.484 e. The monoisotopic (exact) mass is 424 g/mol. The van der Waals surface area contributed by atoms with E-state index >= 15 is 0 Å². The number of carbonyl (C=O) groups excluding carboxylic acids is 1. The Balaban J connectivity index is 1.51. The molecule has 0 bridgehead atoms. The van der Waals surface area contributed by atoms with Crippen molar-refractivity contribution in [3.05, 3.63) is 90.5 Å². The molecule has 0 heterocycles. The molecule has 156 valence electrons. The summed E-state index contributed by atoms with van der Waals surface area (Å²) in [6.45, 7) is 0.164. The molecule has 0 radical (unpaired) electrons. The predicted molar refractivity (Wildman–Crippen MR) is 117 cm³/mol. The molecule has 0 aliphatic rings. The van der Waals surface area contributed by atoms with Crippen molar-refractivity contribution in [3.8, 4) is 5.75 Å². The smallest absolute Gasteiger partial charge is 0.264 e. The summed E-state index contributed by atoms with van der Waals surface area (Å²) >= 11 is 0. The molecular weight excluding hydrogens is 400 g/mol. The Hall–Kier alpha value is -3.16. The van der Waals surface area contributed by atoms with E-state index in [2.05, 4.69) is 4.72 Å². The van der Waals surface area contributed by atoms with Gasteiger partial charge < -0.3 is 9.64 Å². The zero-order valence-electron chi connectivity index (χ0n) is 16.7. The van der Waals surface area contributed by atoms with Gasteiger partial charge in [0, 0.05) is 19.3 Å². The van der Waals surface area contributed by atoms with E-state index in [-0.39, 0.29) is 17.4 Å². The molecule has 0 aromatic heterocycles. The molecule has 1 N–H and O–H groups in total. The van der Waals surface area contributed by atoms with Gasteiger partial charge in [-0.25, -0.2) is 13.1 Å². The number of likely N-dealkylation sites (N-methyl/N-ethyl adjacent to an activating group) is 1. The molecule has 0 aliphatic heterocycles. The zero-order valence-corrected chi connectivity index (χ0v) is 17.5. The normalized spacial score (nSPS) is 11.1. The number of nitrogens with one attached hydrogen (secondary N) is 1. The Morgan fingerprint density at radius 3 is 2.13 bits per heavy atom. The highest BCUT2D eigenvalue weighted by atomic mass is 32.2. The molecule has 0 saturated heterocycles. The number of benzene rings is 3. The summed E-state index contributed by atoms with van der Waals surface area (Å²) in [6.07, 6.45) is 0.609. The Labute approximate surface area is 177 Å². The van der Waals surface area contributed by atoms with Crippen LogP contribution in [-0.2, 0) is 21.2 Å². The molecule has 0 saturated carbocycles. The summed E-state index contributed by atoms with van der Waals surface area (Å²) in [4.78, 5) is 13.9. The van der Waals surface area contributed by atoms with Crippen LogP contribution in [0.3, 0.4) is 0 Å². The van der Waals surface area contributed by atoms with Crippen LogP contribution in [0.4, 0.5) is 5.69 Å². The van der Waals surface area contributed by atoms with Crippen LogP contribution in [0.15, 0.2) is 89.8 Å². The Kier molecular flexibility index (Phi) is 7.21. The molecule has 0 spiro atoms. The van der Waals surface area contributed by atoms with Crippen molar-refractivity contribution < 1.29 is 17.9 Å². The molecule has 3 aromatic carbocycles. The number of sulfonamides is 1. The third-order valence-electron chi connectivity index (χ3n) is 4.56. The van der Waals surface area contributed by atoms with Crippen molar-refractivity contribution in [2.45, 2.75) is 11.3 Å². The number of carbonyl (C=O) groups is 1. The maximum absolute atomic E-state index is 12.4. The fraction of sp³-hybridized carbons (Fsp3) is 0.174. The van der Waals surface area contributed by atoms with Gasteiger partial charge in [0.1, 0.15) is 5.75 Å². The first-order valence-corrected chi connectivity index (χ1v) is 11.0. The third-order valence-corrected chi connectivity index (χ3v) is 6.04. The maximum Gasteiger partial charge on any atom is 0.264 e. The van der Waals surface area contributed by atoms with E-state index in [4.69, 9.17) is 4.74 Å². The largest absolute Gasteiger partial charge is 0.484 e. The third kappa shape index (κ3) is 5.92. The number of hydrogen-bond acceptors (Lipinski definition) is 4. The molecule has 30 heavy (non-hydrogen) atoms. The molecular formula is C23H24N2O4S. The average Bonchev–Trinajstić information content (AvgIpc) is 2.78. The van der Waals surface area contributed by atoms with Crippen LogP contribution in [-0.4, -0.2) is 34.5 Å². The van der Waals surface area contributed by atoms with Gasteiger partial charge >= 0.3 is 0 Å². The Morgan fingerprint density at radius 2 is 1.50 bits per heavy atom. The van der Waals surface area contributed by atoms with E-state index in [0.717, 1.165) is 11.3 Å². The molecule has 0 unspecified atom stereocenters. The van der Waals surface area contributed by atoms with E-state index in [0.29, 0.717) is 18.7 Å². The number of ether oxygens (including phenoxy) is 1. The molecule has 0 aliphatic carbocycles. The predicted octanol–water partition coefficient (Wildman–Crippen LogP) is 3.25. The highest BCUT2D eigenvalue weighted by Gasteiger charge is 2.15. The fourth-order valence-corrected chi connectivity index (χ4v) is 3.84. The topological polar surface area (TPSA) is 75.7 Å². The molecule has 3 rings (SSSR count). The van der Waals surface area contributed by atoms with Gasteiger partial charge in [-0.1, -0.05) is 48.5 Å². The summed E-state index contributed by atoms with van der Waals surface area (Å²) < 4.78 is 33.0. The van der Waals surface area contributed by atoms with E-state index in [9.17, 15) is 13.2 Å². The SMILES string of the molecule is CN(C(=O)COc1ccc(S(=O)(=O)NCCc2ccccc2)cc1)c1ccccc1. The lowest BCUT2D eigenvalue weighted by atomic mass is 10.2. The molecule has 6 nitrogen and oxygen atoms in total. The van der Waals surface area contributed by atoms with Crippen molar-refractivity contribution in [1.29, 1.82) is 0 Å². The van der Waals surface area contributed by atoms with Crippen LogP contribution in [0, 0.1) is 0 Å². The van der Waals surface area contributed by atoms with E-state index in [1.54, 1.807) is 19.2 Å². The molecule has 0 atom stereocenters. The Bertz CT molecular complexity index is 1050. The highest BCUT2D eigenvalue weighted by Crippen LogP contribution is 2.17. The van der Waals surface area contributed by atoms with Crippen molar-refractivity contribution in [1.82, 2.24) is 4.72 Å². The van der Waals surface area contributed by atoms with Gasteiger partial charge in [0.05, 0.1) is 4.90 Å². The van der Waals surface area contributed by atoms with Crippen molar-refractivity contribution in [2.24, 2.45) is 0 Å². The average molecular weight is 425 g/mol. The van der Waals surface area contributed by atoms with Crippen molar-refractivity contribution in [2.75, 3.05) is 25.1 Å². The summed E-state index contributed by atoms with van der Waals surface area (Å²) in [5.41, 5.74) is 1.84. The number of anilines is 1. The first kappa shape index (κ1) is 21.5. The molecule has 7 heteroatoms. The minimum atomic E-state index is -3.61. The van der Waals surface area contributed by atoms with Gasteiger partial charge in [-0.15, -0.1) is 0 Å². The lowest BCUT2D eigenvalue weighted by molar-refractivity contribution is -0.120. The van der Waals surface area contributed by atoms with Crippen molar-refractivity contribution in [3.63, 3.8) is 0 Å². The molecule has 3 aromatic rings. The van der Waals surface area contributed by atoms with Gasteiger partial charge in [0.15, 0.2) is 6.61 Å². The molecule has 1 amide bonds. The van der Waals surface area contributed by atoms with Crippen molar-refractivity contribution >= 4 is 21.6 Å². The van der Waals surface area contributed by atoms with Gasteiger partial charge in [0.25, 0.3) is 5.91 Å². The fourth-order valence-electron chi connectivity index (χ4n) is 2.81. The van der Waals surface area contributed by atoms with E-state index in [1.165, 1.54) is 17.0 Å². The van der Waals surface area contributed by atoms with Crippen LogP contribution in [0.25, 0.3) is 0 Å². The minimum absolute atomic E-state index is 0.146. The van der Waals surface area contributed by atoms with Crippen LogP contribution in [0.5, 0.6) is 5.75 Å². The van der Waals surface area contributed by atoms with Gasteiger partial charge in [-0.2, -0.15) is 0 Å². The van der Waals surface area contributed by atoms with E-state index in [1.807, 2.05) is 60.7 Å². The second-order valence-electron chi connectivity index (χ2n) is 6.68. The lowest BCUT2D eigenvalue weighted by Crippen LogP contribution is -2.31. The first-order valence-electron chi connectivity index (χ1n) is 9.54. The summed E-state index contributed by atoms with van der Waals surface area (Å²) in [5.74, 6) is 0.216. The highest BCUT2D eigenvalue weighted by molar-refractivity contribution is 7.89. The second kappa shape index (κ2) is 10.0. The van der Waals surface area contributed by atoms with Crippen LogP contribution in [0.1, 0.15) is 5.56 Å². The van der Waals surface area contributed by atoms with Gasteiger partial charge in [0.2, 0.25) is 10.0 Å². The number of rotatable bonds is 9. The summed E-state index contributed by atoms with van der Waals surface area (Å²) in [6, 6.07) is 24.9. The molecule has 0 fully saturated rings. The van der Waals surface area contributed by atoms with Gasteiger partial charge in [-0.05, 0) is 48.4 Å². The number of para-hydroxylation sites is 1. The number of hydrogen-bond donors (Lipinski definition) is 1. The van der Waals surface area contributed by atoms with Gasteiger partial charge in [-0.3, -0.25) is 4.79 Å². The zero-order chi connectivity index (χ0) is 21.4. The second-order valence-corrected chi connectivity index (χ2v) is 8.45. The maximum atomic E-state index is 12.4. The number of amides is 1. The number of nitrogens with zero attached hydrogens (tertiary/aromatic N) is 1. The van der Waals surface area contributed by atoms with Crippen LogP contribution in [0.2, 0.25) is 0 Å². The quantitative estimate of drug-likeness (QED) is 0.572.